The molecule has 82 heavy (non-hydrogen) atoms. The molecule has 20 heteroatoms. The number of ether oxygens (including phenoxy) is 2. The van der Waals surface area contributed by atoms with Gasteiger partial charge in [0.25, 0.3) is 11.8 Å². The smallest absolute Gasteiger partial charge is 0.411 e. The highest BCUT2D eigenvalue weighted by Gasteiger charge is 2.40. The normalized spacial score (nSPS) is 20.2. The molecule has 442 valence electrons. The van der Waals surface area contributed by atoms with Gasteiger partial charge in [-0.3, -0.25) is 38.6 Å². The average molecular weight is 1130 g/mol. The zero-order valence-corrected chi connectivity index (χ0v) is 47.8. The zero-order valence-electron chi connectivity index (χ0n) is 47.8. The number of nitrogens with zero attached hydrogens (tertiary/aromatic N) is 6. The summed E-state index contributed by atoms with van der Waals surface area (Å²) in [4.78, 5) is 105. The van der Waals surface area contributed by atoms with E-state index in [0.717, 1.165) is 69.8 Å². The molecule has 4 aliphatic heterocycles. The molecule has 7 amide bonds. The summed E-state index contributed by atoms with van der Waals surface area (Å²) in [7, 11) is 0. The number of piperazine rings is 1. The second-order valence-electron chi connectivity index (χ2n) is 24.3. The molecule has 0 bridgehead atoms. The first-order valence-electron chi connectivity index (χ1n) is 29.6. The van der Waals surface area contributed by atoms with Gasteiger partial charge in [-0.15, -0.1) is 0 Å². The van der Waals surface area contributed by atoms with Crippen molar-refractivity contribution in [2.24, 2.45) is 11.7 Å². The van der Waals surface area contributed by atoms with E-state index in [4.69, 9.17) is 20.6 Å². The van der Waals surface area contributed by atoms with E-state index in [0.29, 0.717) is 82.7 Å². The number of hydrogen-bond acceptors (Lipinski definition) is 11. The number of nitrogens with one attached hydrogen (secondary N) is 2. The number of rotatable bonds is 17. The van der Waals surface area contributed by atoms with Crippen molar-refractivity contribution in [2.75, 3.05) is 78.5 Å². The quantitative estimate of drug-likeness (QED) is 0.119. The highest BCUT2D eigenvalue weighted by atomic mass is 19.1. The van der Waals surface area contributed by atoms with Crippen LogP contribution in [-0.2, 0) is 30.3 Å². The Labute approximate surface area is 479 Å². The number of halogens is 2. The van der Waals surface area contributed by atoms with E-state index in [2.05, 4.69) is 10.2 Å². The number of carbonyl (C=O) groups is 7. The van der Waals surface area contributed by atoms with Gasteiger partial charge in [0.15, 0.2) is 0 Å². The molecule has 2 saturated carbocycles. The molecule has 3 aromatic carbocycles. The van der Waals surface area contributed by atoms with Crippen LogP contribution in [0.3, 0.4) is 0 Å². The van der Waals surface area contributed by atoms with Crippen LogP contribution in [0.2, 0.25) is 0 Å². The van der Waals surface area contributed by atoms with Crippen molar-refractivity contribution < 1.29 is 51.8 Å². The molecule has 4 saturated heterocycles. The van der Waals surface area contributed by atoms with Crippen LogP contribution in [0, 0.1) is 23.0 Å². The number of nitrogens with two attached hydrogens (primary N) is 1. The van der Waals surface area contributed by atoms with Crippen molar-refractivity contribution in [2.45, 2.75) is 146 Å². The van der Waals surface area contributed by atoms with Crippen molar-refractivity contribution in [1.82, 2.24) is 34.7 Å². The molecular weight excluding hydrogens is 1050 g/mol. The number of hydrogen-bond donors (Lipinski definition) is 3. The van der Waals surface area contributed by atoms with Crippen molar-refractivity contribution in [3.05, 3.63) is 106 Å². The van der Waals surface area contributed by atoms with Gasteiger partial charge in [0, 0.05) is 101 Å². The molecule has 6 aliphatic rings. The lowest BCUT2D eigenvalue weighted by molar-refractivity contribution is -0.140. The number of carbonyl (C=O) groups excluding carboxylic acids is 7. The zero-order chi connectivity index (χ0) is 58.2. The van der Waals surface area contributed by atoms with Gasteiger partial charge in [-0.2, -0.15) is 0 Å². The lowest BCUT2D eigenvalue weighted by atomic mass is 9.83. The molecule has 3 aromatic rings. The molecule has 18 nitrogen and oxygen atoms in total. The Morgan fingerprint density at radius 2 is 1.30 bits per heavy atom. The van der Waals surface area contributed by atoms with Gasteiger partial charge in [-0.05, 0) is 132 Å². The molecular formula is C62H81F2N9O9. The van der Waals surface area contributed by atoms with Crippen LogP contribution in [0.5, 0.6) is 0 Å². The second-order valence-corrected chi connectivity index (χ2v) is 24.3. The van der Waals surface area contributed by atoms with Gasteiger partial charge in [0.1, 0.15) is 29.8 Å². The maximum atomic E-state index is 15.7. The largest absolute Gasteiger partial charge is 0.444 e. The maximum absolute atomic E-state index is 15.7. The Morgan fingerprint density at radius 3 is 1.96 bits per heavy atom. The molecule has 2 aliphatic carbocycles. The summed E-state index contributed by atoms with van der Waals surface area (Å²) in [6, 6.07) is 14.4. The van der Waals surface area contributed by atoms with Gasteiger partial charge in [0.05, 0.1) is 29.9 Å². The molecule has 2 atom stereocenters. The minimum absolute atomic E-state index is 0.00237. The van der Waals surface area contributed by atoms with E-state index in [1.54, 1.807) is 71.9 Å². The van der Waals surface area contributed by atoms with E-state index in [9.17, 15) is 33.6 Å². The third-order valence-corrected chi connectivity index (χ3v) is 17.2. The summed E-state index contributed by atoms with van der Waals surface area (Å²) in [5.41, 5.74) is 6.54. The number of primary amides is 1. The highest BCUT2D eigenvalue weighted by Crippen LogP contribution is 2.33. The van der Waals surface area contributed by atoms with E-state index < -0.39 is 47.1 Å². The molecule has 0 spiro atoms. The molecule has 9 rings (SSSR count). The van der Waals surface area contributed by atoms with Crippen molar-refractivity contribution in [3.8, 4) is 0 Å². The first-order chi connectivity index (χ1) is 39.3. The third kappa shape index (κ3) is 15.2. The summed E-state index contributed by atoms with van der Waals surface area (Å²) >= 11 is 0. The Bertz CT molecular complexity index is 2850. The minimum Gasteiger partial charge on any atom is -0.444 e. The molecule has 4 N–H and O–H groups in total. The van der Waals surface area contributed by atoms with Crippen LogP contribution in [0.1, 0.15) is 158 Å². The van der Waals surface area contributed by atoms with Crippen LogP contribution in [0.15, 0.2) is 60.7 Å². The fraction of sp³-hybridized carbons (Fsp3) is 0.581. The first kappa shape index (κ1) is 59.8. The number of benzene rings is 3. The fourth-order valence-electron chi connectivity index (χ4n) is 12.4. The van der Waals surface area contributed by atoms with Crippen LogP contribution < -0.4 is 11.1 Å². The Balaban J connectivity index is 0.713. The van der Waals surface area contributed by atoms with Gasteiger partial charge in [0.2, 0.25) is 23.6 Å². The standard InChI is InChI=1S/C62H81F2N9O9/c1-62(2,3)82-61(80)73(44-17-18-44)39-55(75)72-25-9-12-43(37-72)42-16-20-51(63)49(36-42)58(77)67-56(41-10-5-4-6-11-41)60(79)70-28-23-46(24-29-70)81-45-21-26-68(27-22-45)38-54(74)69-30-32-71(33-31-69)59(78)50-34-40(15-19-52(50)64)35-53(65)47-13-7-8-14-48(47)57(66)76/h7-8,13-16,19-20,34,36,41,43-46,56,65H,4-6,9-12,17-18,21-33,35,37-39H2,1-3H3,(H2,66,76)(H,67,77). The Kier molecular flexibility index (Phi) is 19.4. The Hall–Kier alpha value is -6.80. The second kappa shape index (κ2) is 26.6. The molecule has 2 unspecified atom stereocenters. The van der Waals surface area contributed by atoms with Gasteiger partial charge in [-0.25, -0.2) is 13.6 Å². The van der Waals surface area contributed by atoms with Gasteiger partial charge < -0.3 is 45.5 Å². The number of amides is 7. The summed E-state index contributed by atoms with van der Waals surface area (Å²) < 4.78 is 43.0. The number of likely N-dealkylation sites (tertiary alicyclic amines) is 3. The summed E-state index contributed by atoms with van der Waals surface area (Å²) in [6.07, 6.45) is 9.89. The highest BCUT2D eigenvalue weighted by molar-refractivity contribution is 6.09. The summed E-state index contributed by atoms with van der Waals surface area (Å²) in [6.45, 7) is 9.86. The lowest BCUT2D eigenvalue weighted by Crippen LogP contribution is -2.55. The maximum Gasteiger partial charge on any atom is 0.411 e. The molecule has 6 fully saturated rings. The molecule has 0 aromatic heterocycles. The lowest BCUT2D eigenvalue weighted by Gasteiger charge is -2.40. The fourth-order valence-corrected chi connectivity index (χ4v) is 12.4. The predicted molar refractivity (Wildman–Crippen MR) is 303 cm³/mol. The first-order valence-corrected chi connectivity index (χ1v) is 29.6. The third-order valence-electron chi connectivity index (χ3n) is 17.2. The van der Waals surface area contributed by atoms with Crippen LogP contribution in [0.4, 0.5) is 13.6 Å². The van der Waals surface area contributed by atoms with E-state index in [-0.39, 0.29) is 103 Å². The van der Waals surface area contributed by atoms with Crippen LogP contribution in [0.25, 0.3) is 0 Å². The van der Waals surface area contributed by atoms with Crippen molar-refractivity contribution in [1.29, 1.82) is 5.41 Å². The van der Waals surface area contributed by atoms with Crippen LogP contribution in [-0.4, -0.2) is 185 Å². The monoisotopic (exact) mass is 1130 g/mol. The van der Waals surface area contributed by atoms with E-state index >= 15 is 8.78 Å². The number of piperidine rings is 3. The van der Waals surface area contributed by atoms with Gasteiger partial charge in [-0.1, -0.05) is 49.6 Å². The topological polar surface area (TPSA) is 219 Å². The van der Waals surface area contributed by atoms with E-state index in [1.807, 2.05) is 4.90 Å². The summed E-state index contributed by atoms with van der Waals surface area (Å²) in [5.74, 6) is -3.74. The van der Waals surface area contributed by atoms with Crippen LogP contribution >= 0.6 is 0 Å². The predicted octanol–water partition coefficient (Wildman–Crippen LogP) is 6.92. The summed E-state index contributed by atoms with van der Waals surface area (Å²) in [5, 5.41) is 11.6. The van der Waals surface area contributed by atoms with Gasteiger partial charge >= 0.3 is 6.09 Å². The van der Waals surface area contributed by atoms with E-state index in [1.165, 1.54) is 29.2 Å². The van der Waals surface area contributed by atoms with Crippen molar-refractivity contribution >= 4 is 47.2 Å². The average Bonchev–Trinajstić information content (AvgIpc) is 4.46. The minimum atomic E-state index is -0.808. The SMILES string of the molecule is CC(C)(C)OC(=O)N(CC(=O)N1CCCC(c2ccc(F)c(C(=O)NC(C(=O)N3CCC(OC4CCN(CC(=O)N5CCN(C(=O)c6cc(CC(=N)c7ccccc7C(N)=O)ccc6F)CC5)CC4)CC3)C3CCCCC3)c2)C1)C1CC1. The van der Waals surface area contributed by atoms with Crippen molar-refractivity contribution in [3.63, 3.8) is 0 Å². The molecule has 0 radical (unpaired) electrons. The Morgan fingerprint density at radius 1 is 0.671 bits per heavy atom. The molecule has 4 heterocycles.